The maximum Gasteiger partial charge on any atom is 0.258 e. The average molecular weight is 558 g/mol. The van der Waals surface area contributed by atoms with Gasteiger partial charge in [0.2, 0.25) is 0 Å². The van der Waals surface area contributed by atoms with E-state index in [0.717, 1.165) is 36.4 Å². The molecule has 0 spiro atoms. The van der Waals surface area contributed by atoms with Crippen molar-refractivity contribution >= 4 is 34.5 Å². The highest BCUT2D eigenvalue weighted by molar-refractivity contribution is 6.37. The van der Waals surface area contributed by atoms with E-state index in [-0.39, 0.29) is 17.9 Å². The Balaban J connectivity index is 1.30. The number of rotatable bonds is 8. The van der Waals surface area contributed by atoms with E-state index >= 15 is 0 Å². The van der Waals surface area contributed by atoms with Gasteiger partial charge in [0.1, 0.15) is 0 Å². The number of nitrogens with one attached hydrogen (secondary N) is 3. The number of aromatic nitrogens is 1. The Morgan fingerprint density at radius 1 is 0.929 bits per heavy atom. The van der Waals surface area contributed by atoms with Crippen LogP contribution < -0.4 is 16.0 Å². The summed E-state index contributed by atoms with van der Waals surface area (Å²) in [5.74, 6) is -0.429. The number of hydrogen-bond donors (Lipinski definition) is 3. The first kappa shape index (κ1) is 27.4. The third kappa shape index (κ3) is 6.11. The molecule has 3 aromatic carbocycles. The summed E-state index contributed by atoms with van der Waals surface area (Å²) in [6.45, 7) is 5.20. The quantitative estimate of drug-likeness (QED) is 0.216. The van der Waals surface area contributed by atoms with E-state index in [1.807, 2.05) is 49.4 Å². The highest BCUT2D eigenvalue weighted by Crippen LogP contribution is 2.38. The van der Waals surface area contributed by atoms with Crippen LogP contribution in [-0.4, -0.2) is 34.8 Å². The minimum absolute atomic E-state index is 0.160. The summed E-state index contributed by atoms with van der Waals surface area (Å²) in [5.41, 5.74) is 6.88. The molecule has 42 heavy (non-hydrogen) atoms. The van der Waals surface area contributed by atoms with E-state index in [2.05, 4.69) is 50.1 Å². The summed E-state index contributed by atoms with van der Waals surface area (Å²) >= 11 is 0. The molecular weight excluding hydrogens is 522 g/mol. The van der Waals surface area contributed by atoms with Crippen molar-refractivity contribution in [3.8, 4) is 0 Å². The monoisotopic (exact) mass is 557 g/mol. The van der Waals surface area contributed by atoms with E-state index in [0.29, 0.717) is 28.1 Å². The number of benzene rings is 3. The van der Waals surface area contributed by atoms with Crippen LogP contribution in [-0.2, 0) is 11.3 Å². The molecule has 3 heterocycles. The van der Waals surface area contributed by atoms with Crippen LogP contribution in [0, 0.1) is 0 Å². The lowest BCUT2D eigenvalue weighted by Crippen LogP contribution is -2.29. The molecule has 0 unspecified atom stereocenters. The first-order valence-corrected chi connectivity index (χ1v) is 14.6. The number of pyridine rings is 1. The fourth-order valence-electron chi connectivity index (χ4n) is 5.66. The van der Waals surface area contributed by atoms with Crippen molar-refractivity contribution in [3.05, 3.63) is 125 Å². The highest BCUT2D eigenvalue weighted by Gasteiger charge is 2.30. The number of amides is 2. The fraction of sp³-hybridized carbons (Fsp3) is 0.229. The number of hydrogen-bond acceptors (Lipinski definition) is 5. The molecule has 1 aromatic heterocycles. The van der Waals surface area contributed by atoms with Gasteiger partial charge in [-0.1, -0.05) is 48.9 Å². The third-order valence-corrected chi connectivity index (χ3v) is 7.95. The molecule has 6 rings (SSSR count). The zero-order valence-corrected chi connectivity index (χ0v) is 23.8. The number of anilines is 2. The van der Waals surface area contributed by atoms with Gasteiger partial charge in [-0.3, -0.25) is 19.5 Å². The van der Waals surface area contributed by atoms with Gasteiger partial charge < -0.3 is 16.0 Å². The lowest BCUT2D eigenvalue weighted by atomic mass is 9.98. The standard InChI is InChI=1S/C35H35N5O2/c1-24(26-9-4-2-5-10-26)37-34(41)27-14-17-31-30(21-27)32(35(42)39-31)33(28-11-8-18-36-22-28)38-29-15-12-25(13-16-29)23-40-19-6-3-7-20-40/h2,4-5,8-18,21-22,24,38H,3,6-7,19-20,23H2,1H3,(H,37,41)(H,39,42)/t24-/m0/s1. The molecular formula is C35H35N5O2. The number of fused-ring (bicyclic) bond motifs is 1. The van der Waals surface area contributed by atoms with Gasteiger partial charge in [0.25, 0.3) is 11.8 Å². The van der Waals surface area contributed by atoms with E-state index in [9.17, 15) is 9.59 Å². The van der Waals surface area contributed by atoms with Crippen molar-refractivity contribution in [2.45, 2.75) is 38.8 Å². The summed E-state index contributed by atoms with van der Waals surface area (Å²) in [6.07, 6.45) is 7.30. The van der Waals surface area contributed by atoms with E-state index in [1.54, 1.807) is 30.6 Å². The molecule has 0 bridgehead atoms. The third-order valence-electron chi connectivity index (χ3n) is 7.95. The van der Waals surface area contributed by atoms with Crippen LogP contribution in [0.2, 0.25) is 0 Å². The summed E-state index contributed by atoms with van der Waals surface area (Å²) in [6, 6.07) is 27.2. The molecule has 1 atom stereocenters. The molecule has 0 radical (unpaired) electrons. The van der Waals surface area contributed by atoms with Gasteiger partial charge in [0.15, 0.2) is 0 Å². The highest BCUT2D eigenvalue weighted by atomic mass is 16.2. The number of piperidine rings is 1. The molecule has 212 valence electrons. The molecule has 4 aromatic rings. The molecule has 1 saturated heterocycles. The first-order valence-electron chi connectivity index (χ1n) is 14.6. The van der Waals surface area contributed by atoms with Crippen LogP contribution in [0.4, 0.5) is 11.4 Å². The summed E-state index contributed by atoms with van der Waals surface area (Å²) < 4.78 is 0. The number of nitrogens with zero attached hydrogens (tertiary/aromatic N) is 2. The number of carbonyl (C=O) groups excluding carboxylic acids is 2. The molecule has 7 nitrogen and oxygen atoms in total. The van der Waals surface area contributed by atoms with Crippen molar-refractivity contribution < 1.29 is 9.59 Å². The molecule has 0 saturated carbocycles. The lowest BCUT2D eigenvalue weighted by Gasteiger charge is -2.26. The number of likely N-dealkylation sites (tertiary alicyclic amines) is 1. The van der Waals surface area contributed by atoms with Crippen molar-refractivity contribution in [2.24, 2.45) is 0 Å². The van der Waals surface area contributed by atoms with Crippen LogP contribution in [0.25, 0.3) is 11.3 Å². The Morgan fingerprint density at radius 2 is 1.71 bits per heavy atom. The van der Waals surface area contributed by atoms with Crippen molar-refractivity contribution in [2.75, 3.05) is 23.7 Å². The second kappa shape index (κ2) is 12.4. The summed E-state index contributed by atoms with van der Waals surface area (Å²) in [7, 11) is 0. The molecule has 1 fully saturated rings. The van der Waals surface area contributed by atoms with Gasteiger partial charge in [-0.25, -0.2) is 0 Å². The van der Waals surface area contributed by atoms with Crippen LogP contribution >= 0.6 is 0 Å². The summed E-state index contributed by atoms with van der Waals surface area (Å²) in [4.78, 5) is 33.5. The van der Waals surface area contributed by atoms with Crippen LogP contribution in [0.5, 0.6) is 0 Å². The van der Waals surface area contributed by atoms with Gasteiger partial charge in [-0.05, 0) is 86.4 Å². The van der Waals surface area contributed by atoms with Gasteiger partial charge in [-0.15, -0.1) is 0 Å². The van der Waals surface area contributed by atoms with Crippen molar-refractivity contribution in [1.29, 1.82) is 0 Å². The van der Waals surface area contributed by atoms with Crippen molar-refractivity contribution in [1.82, 2.24) is 15.2 Å². The minimum atomic E-state index is -0.228. The molecule has 2 aliphatic heterocycles. The fourth-order valence-corrected chi connectivity index (χ4v) is 5.66. The number of carbonyl (C=O) groups is 2. The smallest absolute Gasteiger partial charge is 0.258 e. The normalized spacial score (nSPS) is 16.7. The molecule has 2 amide bonds. The Morgan fingerprint density at radius 3 is 2.45 bits per heavy atom. The Hall–Kier alpha value is -4.75. The predicted molar refractivity (Wildman–Crippen MR) is 168 cm³/mol. The van der Waals surface area contributed by atoms with E-state index in [1.165, 1.54) is 24.8 Å². The zero-order valence-electron chi connectivity index (χ0n) is 23.8. The van der Waals surface area contributed by atoms with Gasteiger partial charge in [0.05, 0.1) is 17.3 Å². The van der Waals surface area contributed by atoms with E-state index < -0.39 is 0 Å². The molecule has 7 heteroatoms. The largest absolute Gasteiger partial charge is 0.354 e. The van der Waals surface area contributed by atoms with Gasteiger partial charge in [0, 0.05) is 47.0 Å². The Bertz CT molecular complexity index is 1590. The molecule has 0 aliphatic carbocycles. The molecule has 2 aliphatic rings. The zero-order chi connectivity index (χ0) is 28.9. The Labute approximate surface area is 246 Å². The predicted octanol–water partition coefficient (Wildman–Crippen LogP) is 6.49. The van der Waals surface area contributed by atoms with E-state index in [4.69, 9.17) is 0 Å². The maximum atomic E-state index is 13.4. The first-order chi connectivity index (χ1) is 20.5. The van der Waals surface area contributed by atoms with Crippen molar-refractivity contribution in [3.63, 3.8) is 0 Å². The maximum absolute atomic E-state index is 13.4. The van der Waals surface area contributed by atoms with Crippen LogP contribution in [0.3, 0.4) is 0 Å². The average Bonchev–Trinajstić information content (AvgIpc) is 3.36. The van der Waals surface area contributed by atoms with Crippen LogP contribution in [0.15, 0.2) is 97.3 Å². The Kier molecular flexibility index (Phi) is 8.10. The lowest BCUT2D eigenvalue weighted by molar-refractivity contribution is -0.110. The minimum Gasteiger partial charge on any atom is -0.354 e. The van der Waals surface area contributed by atoms with Gasteiger partial charge >= 0.3 is 0 Å². The summed E-state index contributed by atoms with van der Waals surface area (Å²) in [5, 5.41) is 9.56. The SMILES string of the molecule is C[C@H](NC(=O)c1ccc2c(c1)C(=C(Nc1ccc(CN3CCCCC3)cc1)c1cccnc1)C(=O)N2)c1ccccc1. The van der Waals surface area contributed by atoms with Gasteiger partial charge in [-0.2, -0.15) is 0 Å². The second-order valence-electron chi connectivity index (χ2n) is 11.0. The van der Waals surface area contributed by atoms with Crippen LogP contribution in [0.1, 0.15) is 64.8 Å². The topological polar surface area (TPSA) is 86.4 Å². The molecule has 3 N–H and O–H groups in total. The second-order valence-corrected chi connectivity index (χ2v) is 11.0.